The molecule has 21 heavy (non-hydrogen) atoms. The number of rotatable bonds is 4. The van der Waals surface area contributed by atoms with Crippen LogP contribution in [0.15, 0.2) is 24.3 Å². The number of nitrogens with one attached hydrogen (secondary N) is 1. The van der Waals surface area contributed by atoms with Crippen LogP contribution in [0.1, 0.15) is 19.4 Å². The Balaban J connectivity index is 1.54. The van der Waals surface area contributed by atoms with E-state index in [0.717, 1.165) is 17.7 Å². The summed E-state index contributed by atoms with van der Waals surface area (Å²) in [6.07, 6.45) is 0.698. The predicted molar refractivity (Wildman–Crippen MR) is 76.0 cm³/mol. The molecule has 3 unspecified atom stereocenters. The second-order valence-corrected chi connectivity index (χ2v) is 6.41. The smallest absolute Gasteiger partial charge is 0.307 e. The summed E-state index contributed by atoms with van der Waals surface area (Å²) in [5.41, 5.74) is 0.682. The first-order chi connectivity index (χ1) is 9.91. The highest BCUT2D eigenvalue weighted by Gasteiger charge is 2.65. The number of amides is 1. The minimum atomic E-state index is -0.898. The molecule has 3 rings (SSSR count). The van der Waals surface area contributed by atoms with Crippen LogP contribution < -0.4 is 10.1 Å². The molecule has 0 saturated heterocycles. The molecule has 1 aromatic carbocycles. The van der Waals surface area contributed by atoms with Crippen molar-refractivity contribution in [3.8, 4) is 5.75 Å². The Morgan fingerprint density at radius 1 is 1.33 bits per heavy atom. The summed E-state index contributed by atoms with van der Waals surface area (Å²) in [7, 11) is 0. The number of aliphatic carboxylic acids is 1. The molecular formula is C16H19NO4. The average molecular weight is 289 g/mol. The molecule has 3 atom stereocenters. The van der Waals surface area contributed by atoms with E-state index < -0.39 is 23.2 Å². The van der Waals surface area contributed by atoms with Crippen LogP contribution in [0.5, 0.6) is 5.75 Å². The quantitative estimate of drug-likeness (QED) is 0.880. The van der Waals surface area contributed by atoms with Crippen molar-refractivity contribution in [3.63, 3.8) is 0 Å². The molecule has 1 amide bonds. The first-order valence-electron chi connectivity index (χ1n) is 7.16. The predicted octanol–water partition coefficient (Wildman–Crippen LogP) is 1.46. The average Bonchev–Trinajstić information content (AvgIpc) is 2.81. The Labute approximate surface area is 123 Å². The third kappa shape index (κ3) is 2.37. The lowest BCUT2D eigenvalue weighted by atomic mass is 10.1. The van der Waals surface area contributed by atoms with Gasteiger partial charge in [0.2, 0.25) is 5.91 Å². The van der Waals surface area contributed by atoms with Gasteiger partial charge in [-0.15, -0.1) is 0 Å². The molecule has 2 N–H and O–H groups in total. The van der Waals surface area contributed by atoms with Crippen molar-refractivity contribution in [2.75, 3.05) is 6.54 Å². The van der Waals surface area contributed by atoms with Crippen molar-refractivity contribution in [2.24, 2.45) is 17.3 Å². The zero-order valence-corrected chi connectivity index (χ0v) is 12.1. The van der Waals surface area contributed by atoms with Crippen molar-refractivity contribution in [1.82, 2.24) is 5.32 Å². The normalized spacial score (nSPS) is 28.4. The van der Waals surface area contributed by atoms with Crippen molar-refractivity contribution < 1.29 is 19.4 Å². The number of ether oxygens (including phenoxy) is 1. The molecule has 0 bridgehead atoms. The molecule has 1 aromatic rings. The van der Waals surface area contributed by atoms with Crippen LogP contribution in [-0.2, 0) is 16.0 Å². The van der Waals surface area contributed by atoms with E-state index in [9.17, 15) is 9.59 Å². The monoisotopic (exact) mass is 289 g/mol. The highest BCUT2D eigenvalue weighted by molar-refractivity contribution is 5.91. The summed E-state index contributed by atoms with van der Waals surface area (Å²) < 4.78 is 5.75. The van der Waals surface area contributed by atoms with Gasteiger partial charge in [-0.1, -0.05) is 32.0 Å². The molecule has 1 saturated carbocycles. The molecule has 1 fully saturated rings. The van der Waals surface area contributed by atoms with Gasteiger partial charge in [-0.3, -0.25) is 9.59 Å². The molecule has 5 nitrogen and oxygen atoms in total. The van der Waals surface area contributed by atoms with Crippen LogP contribution in [0.2, 0.25) is 0 Å². The van der Waals surface area contributed by atoms with Gasteiger partial charge in [0.1, 0.15) is 11.9 Å². The Kier molecular flexibility index (Phi) is 3.15. The summed E-state index contributed by atoms with van der Waals surface area (Å²) >= 11 is 0. The second-order valence-electron chi connectivity index (χ2n) is 6.41. The molecule has 1 aliphatic heterocycles. The maximum absolute atomic E-state index is 12.1. The van der Waals surface area contributed by atoms with E-state index in [1.165, 1.54) is 0 Å². The van der Waals surface area contributed by atoms with E-state index in [0.29, 0.717) is 6.54 Å². The van der Waals surface area contributed by atoms with Crippen LogP contribution in [0.3, 0.4) is 0 Å². The Morgan fingerprint density at radius 2 is 2.05 bits per heavy atom. The number of carbonyl (C=O) groups excluding carboxylic acids is 1. The fraction of sp³-hybridized carbons (Fsp3) is 0.500. The lowest BCUT2D eigenvalue weighted by Crippen LogP contribution is -2.36. The molecule has 1 heterocycles. The highest BCUT2D eigenvalue weighted by atomic mass is 16.5. The lowest BCUT2D eigenvalue weighted by Gasteiger charge is -2.12. The minimum Gasteiger partial charge on any atom is -0.488 e. The van der Waals surface area contributed by atoms with Crippen LogP contribution >= 0.6 is 0 Å². The number of fused-ring (bicyclic) bond motifs is 1. The van der Waals surface area contributed by atoms with Gasteiger partial charge in [0.15, 0.2) is 0 Å². The topological polar surface area (TPSA) is 75.6 Å². The zero-order chi connectivity index (χ0) is 15.2. The fourth-order valence-corrected chi connectivity index (χ4v) is 3.28. The van der Waals surface area contributed by atoms with Crippen LogP contribution in [0.4, 0.5) is 0 Å². The number of benzene rings is 1. The number of hydrogen-bond donors (Lipinski definition) is 2. The van der Waals surface area contributed by atoms with E-state index in [4.69, 9.17) is 9.84 Å². The van der Waals surface area contributed by atoms with Gasteiger partial charge in [-0.2, -0.15) is 0 Å². The van der Waals surface area contributed by atoms with Crippen LogP contribution in [-0.4, -0.2) is 29.6 Å². The van der Waals surface area contributed by atoms with Crippen LogP contribution in [0, 0.1) is 17.3 Å². The van der Waals surface area contributed by atoms with Crippen molar-refractivity contribution >= 4 is 11.9 Å². The molecule has 5 heteroatoms. The number of carbonyl (C=O) groups is 2. The first-order valence-corrected chi connectivity index (χ1v) is 7.16. The summed E-state index contributed by atoms with van der Waals surface area (Å²) in [5, 5.41) is 11.9. The first kappa shape index (κ1) is 13.9. The largest absolute Gasteiger partial charge is 0.488 e. The van der Waals surface area contributed by atoms with E-state index in [2.05, 4.69) is 5.32 Å². The van der Waals surface area contributed by atoms with Gasteiger partial charge in [0, 0.05) is 6.42 Å². The number of carboxylic acids is 1. The fourth-order valence-electron chi connectivity index (χ4n) is 3.28. The molecule has 1 aliphatic carbocycles. The van der Waals surface area contributed by atoms with Crippen LogP contribution in [0.25, 0.3) is 0 Å². The SMILES string of the molecule is CC1(C)C(C(=O)O)C1C(=O)NCC1Cc2ccccc2O1. The Hall–Kier alpha value is -2.04. The summed E-state index contributed by atoms with van der Waals surface area (Å²) in [6, 6.07) is 7.82. The molecule has 2 aliphatic rings. The van der Waals surface area contributed by atoms with E-state index >= 15 is 0 Å². The lowest BCUT2D eigenvalue weighted by molar-refractivity contribution is -0.140. The molecule has 0 spiro atoms. The van der Waals surface area contributed by atoms with Gasteiger partial charge in [0.05, 0.1) is 18.4 Å². The summed E-state index contributed by atoms with van der Waals surface area (Å²) in [6.45, 7) is 4.04. The standard InChI is InChI=1S/C16H19NO4/c1-16(2)12(13(16)15(19)20)14(18)17-8-10-7-9-5-3-4-6-11(9)21-10/h3-6,10,12-13H,7-8H2,1-2H3,(H,17,18)(H,19,20). The molecule has 0 radical (unpaired) electrons. The maximum Gasteiger partial charge on any atom is 0.307 e. The molecule has 0 aromatic heterocycles. The van der Waals surface area contributed by atoms with Gasteiger partial charge in [0.25, 0.3) is 0 Å². The minimum absolute atomic E-state index is 0.0727. The zero-order valence-electron chi connectivity index (χ0n) is 12.1. The van der Waals surface area contributed by atoms with E-state index in [-0.39, 0.29) is 12.0 Å². The summed E-state index contributed by atoms with van der Waals surface area (Å²) in [5.74, 6) is -1.25. The Morgan fingerprint density at radius 3 is 2.67 bits per heavy atom. The number of carboxylic acid groups (broad SMARTS) is 1. The van der Waals surface area contributed by atoms with Gasteiger partial charge >= 0.3 is 5.97 Å². The van der Waals surface area contributed by atoms with Crippen molar-refractivity contribution in [3.05, 3.63) is 29.8 Å². The van der Waals surface area contributed by atoms with E-state index in [1.54, 1.807) is 0 Å². The maximum atomic E-state index is 12.1. The van der Waals surface area contributed by atoms with E-state index in [1.807, 2.05) is 38.1 Å². The van der Waals surface area contributed by atoms with Gasteiger partial charge < -0.3 is 15.2 Å². The number of para-hydroxylation sites is 1. The summed E-state index contributed by atoms with van der Waals surface area (Å²) in [4.78, 5) is 23.2. The third-order valence-electron chi connectivity index (χ3n) is 4.59. The highest BCUT2D eigenvalue weighted by Crippen LogP contribution is 2.58. The number of hydrogen-bond acceptors (Lipinski definition) is 3. The Bertz CT molecular complexity index is 571. The van der Waals surface area contributed by atoms with Crippen molar-refractivity contribution in [1.29, 1.82) is 0 Å². The van der Waals surface area contributed by atoms with Gasteiger partial charge in [-0.25, -0.2) is 0 Å². The molecular weight excluding hydrogens is 270 g/mol. The molecule has 112 valence electrons. The second kappa shape index (κ2) is 4.76. The third-order valence-corrected chi connectivity index (χ3v) is 4.59. The van der Waals surface area contributed by atoms with Crippen molar-refractivity contribution in [2.45, 2.75) is 26.4 Å². The van der Waals surface area contributed by atoms with Gasteiger partial charge in [-0.05, 0) is 17.0 Å².